The van der Waals surface area contributed by atoms with Gasteiger partial charge in [-0.2, -0.15) is 0 Å². The lowest BCUT2D eigenvalue weighted by molar-refractivity contribution is 0.509. The summed E-state index contributed by atoms with van der Waals surface area (Å²) < 4.78 is 27.1. The summed E-state index contributed by atoms with van der Waals surface area (Å²) in [7, 11) is 0. The molecule has 1 heterocycles. The molecule has 0 atom stereocenters. The molecule has 0 spiro atoms. The maximum atomic E-state index is 13.3. The standard InChI is InChI=1S/C16H12BrF2N5/c17-10-3-1-2-4-13(10)24-16-14(20)15(21-8-22-16)23-9-5-6-11(18)12(19)7-9/h1-8H,20H2,(H2,21,22,23,24). The molecule has 0 amide bonds. The van der Waals surface area contributed by atoms with Gasteiger partial charge in [0.15, 0.2) is 23.3 Å². The summed E-state index contributed by atoms with van der Waals surface area (Å²) in [6.45, 7) is 0. The Hall–Kier alpha value is -2.74. The van der Waals surface area contributed by atoms with E-state index in [2.05, 4.69) is 36.5 Å². The summed E-state index contributed by atoms with van der Waals surface area (Å²) in [5.41, 5.74) is 7.42. The van der Waals surface area contributed by atoms with Crippen LogP contribution in [0.25, 0.3) is 0 Å². The number of rotatable bonds is 4. The molecule has 3 rings (SSSR count). The first-order valence-electron chi connectivity index (χ1n) is 6.88. The van der Waals surface area contributed by atoms with Crippen LogP contribution in [0.2, 0.25) is 0 Å². The molecule has 0 fully saturated rings. The van der Waals surface area contributed by atoms with E-state index >= 15 is 0 Å². The zero-order chi connectivity index (χ0) is 17.1. The molecule has 24 heavy (non-hydrogen) atoms. The zero-order valence-electron chi connectivity index (χ0n) is 12.2. The molecule has 4 N–H and O–H groups in total. The Labute approximate surface area is 145 Å². The number of anilines is 5. The van der Waals surface area contributed by atoms with Gasteiger partial charge in [-0.25, -0.2) is 18.7 Å². The van der Waals surface area contributed by atoms with Crippen molar-refractivity contribution in [3.8, 4) is 0 Å². The van der Waals surface area contributed by atoms with Crippen LogP contribution in [0.1, 0.15) is 0 Å². The van der Waals surface area contributed by atoms with Gasteiger partial charge in [0.1, 0.15) is 12.0 Å². The molecule has 1 aromatic heterocycles. The van der Waals surface area contributed by atoms with Gasteiger partial charge in [0.2, 0.25) is 0 Å². The molecule has 0 bridgehead atoms. The topological polar surface area (TPSA) is 75.9 Å². The maximum Gasteiger partial charge on any atom is 0.160 e. The number of nitrogen functional groups attached to an aromatic ring is 1. The Morgan fingerprint density at radius 1 is 0.917 bits per heavy atom. The molecule has 3 aromatic rings. The van der Waals surface area contributed by atoms with Crippen molar-refractivity contribution in [2.24, 2.45) is 0 Å². The van der Waals surface area contributed by atoms with E-state index in [4.69, 9.17) is 5.73 Å². The summed E-state index contributed by atoms with van der Waals surface area (Å²) in [6, 6.07) is 10.9. The Bertz CT molecular complexity index is 888. The van der Waals surface area contributed by atoms with Gasteiger partial charge in [-0.05, 0) is 40.2 Å². The van der Waals surface area contributed by atoms with Crippen molar-refractivity contribution in [3.63, 3.8) is 0 Å². The largest absolute Gasteiger partial charge is 0.393 e. The van der Waals surface area contributed by atoms with Gasteiger partial charge < -0.3 is 16.4 Å². The van der Waals surface area contributed by atoms with Crippen molar-refractivity contribution >= 4 is 44.6 Å². The Morgan fingerprint density at radius 3 is 2.33 bits per heavy atom. The third kappa shape index (κ3) is 3.43. The lowest BCUT2D eigenvalue weighted by Crippen LogP contribution is -2.05. The van der Waals surface area contributed by atoms with E-state index < -0.39 is 11.6 Å². The number of hydrogen-bond acceptors (Lipinski definition) is 5. The van der Waals surface area contributed by atoms with Crippen LogP contribution in [0.15, 0.2) is 53.3 Å². The van der Waals surface area contributed by atoms with Crippen molar-refractivity contribution < 1.29 is 8.78 Å². The quantitative estimate of drug-likeness (QED) is 0.606. The molecule has 0 aliphatic carbocycles. The Balaban J connectivity index is 1.88. The lowest BCUT2D eigenvalue weighted by Gasteiger charge is -2.13. The van der Waals surface area contributed by atoms with E-state index in [1.54, 1.807) is 0 Å². The molecule has 0 aliphatic rings. The van der Waals surface area contributed by atoms with Gasteiger partial charge in [0.05, 0.1) is 5.69 Å². The molecule has 8 heteroatoms. The monoisotopic (exact) mass is 391 g/mol. The summed E-state index contributed by atoms with van der Waals surface area (Å²) in [5, 5.41) is 5.94. The molecule has 122 valence electrons. The van der Waals surface area contributed by atoms with Gasteiger partial charge in [0, 0.05) is 16.2 Å². The zero-order valence-corrected chi connectivity index (χ0v) is 13.8. The van der Waals surface area contributed by atoms with Gasteiger partial charge in [-0.1, -0.05) is 12.1 Å². The van der Waals surface area contributed by atoms with Crippen molar-refractivity contribution in [1.29, 1.82) is 0 Å². The van der Waals surface area contributed by atoms with E-state index in [1.807, 2.05) is 24.3 Å². The summed E-state index contributed by atoms with van der Waals surface area (Å²) in [4.78, 5) is 8.14. The summed E-state index contributed by atoms with van der Waals surface area (Å²) in [6.07, 6.45) is 1.32. The number of benzene rings is 2. The first-order valence-corrected chi connectivity index (χ1v) is 7.68. The van der Waals surface area contributed by atoms with Gasteiger partial charge in [0.25, 0.3) is 0 Å². The molecular weight excluding hydrogens is 380 g/mol. The highest BCUT2D eigenvalue weighted by molar-refractivity contribution is 9.10. The number of aromatic nitrogens is 2. The minimum atomic E-state index is -0.959. The van der Waals surface area contributed by atoms with Gasteiger partial charge in [-0.3, -0.25) is 0 Å². The molecule has 2 aromatic carbocycles. The van der Waals surface area contributed by atoms with E-state index in [-0.39, 0.29) is 11.5 Å². The van der Waals surface area contributed by atoms with Gasteiger partial charge in [-0.15, -0.1) is 0 Å². The average Bonchev–Trinajstić information content (AvgIpc) is 2.57. The van der Waals surface area contributed by atoms with Crippen LogP contribution < -0.4 is 16.4 Å². The minimum Gasteiger partial charge on any atom is -0.393 e. The van der Waals surface area contributed by atoms with Crippen LogP contribution in [0.5, 0.6) is 0 Å². The number of nitrogens with one attached hydrogen (secondary N) is 2. The lowest BCUT2D eigenvalue weighted by atomic mass is 10.3. The predicted octanol–water partition coefficient (Wildman–Crippen LogP) is 4.59. The smallest absolute Gasteiger partial charge is 0.160 e. The van der Waals surface area contributed by atoms with Crippen LogP contribution >= 0.6 is 15.9 Å². The Kier molecular flexibility index (Phi) is 4.57. The third-order valence-electron chi connectivity index (χ3n) is 3.19. The highest BCUT2D eigenvalue weighted by atomic mass is 79.9. The van der Waals surface area contributed by atoms with E-state index in [9.17, 15) is 8.78 Å². The van der Waals surface area contributed by atoms with E-state index in [1.165, 1.54) is 12.4 Å². The summed E-state index contributed by atoms with van der Waals surface area (Å²) >= 11 is 3.43. The second kappa shape index (κ2) is 6.79. The molecule has 0 saturated carbocycles. The SMILES string of the molecule is Nc1c(Nc2ccc(F)c(F)c2)ncnc1Nc1ccccc1Br. The predicted molar refractivity (Wildman–Crippen MR) is 93.5 cm³/mol. The highest BCUT2D eigenvalue weighted by Gasteiger charge is 2.11. The van der Waals surface area contributed by atoms with E-state index in [0.717, 1.165) is 22.3 Å². The van der Waals surface area contributed by atoms with Crippen LogP contribution in [0.4, 0.5) is 37.5 Å². The molecule has 0 radical (unpaired) electrons. The van der Waals surface area contributed by atoms with Crippen LogP contribution in [0.3, 0.4) is 0 Å². The van der Waals surface area contributed by atoms with E-state index in [0.29, 0.717) is 11.5 Å². The van der Waals surface area contributed by atoms with Crippen LogP contribution in [-0.2, 0) is 0 Å². The normalized spacial score (nSPS) is 10.5. The van der Waals surface area contributed by atoms with Crippen molar-refractivity contribution in [3.05, 3.63) is 64.9 Å². The van der Waals surface area contributed by atoms with Crippen molar-refractivity contribution in [2.75, 3.05) is 16.4 Å². The summed E-state index contributed by atoms with van der Waals surface area (Å²) in [5.74, 6) is -1.21. The fourth-order valence-corrected chi connectivity index (χ4v) is 2.38. The minimum absolute atomic E-state index is 0.248. The van der Waals surface area contributed by atoms with Crippen molar-refractivity contribution in [2.45, 2.75) is 0 Å². The van der Waals surface area contributed by atoms with Crippen LogP contribution in [-0.4, -0.2) is 9.97 Å². The second-order valence-corrected chi connectivity index (χ2v) is 5.70. The molecule has 0 saturated heterocycles. The van der Waals surface area contributed by atoms with Gasteiger partial charge >= 0.3 is 0 Å². The molecule has 5 nitrogen and oxygen atoms in total. The fraction of sp³-hybridized carbons (Fsp3) is 0. The number of halogens is 3. The second-order valence-electron chi connectivity index (χ2n) is 4.84. The first-order chi connectivity index (χ1) is 11.5. The molecular formula is C16H12BrF2N5. The number of para-hydroxylation sites is 1. The van der Waals surface area contributed by atoms with Crippen LogP contribution in [0, 0.1) is 11.6 Å². The fourth-order valence-electron chi connectivity index (χ4n) is 2.00. The maximum absolute atomic E-state index is 13.3. The first kappa shape index (κ1) is 16.1. The van der Waals surface area contributed by atoms with Crippen molar-refractivity contribution in [1.82, 2.24) is 9.97 Å². The highest BCUT2D eigenvalue weighted by Crippen LogP contribution is 2.31. The third-order valence-corrected chi connectivity index (χ3v) is 3.88. The molecule has 0 unspecified atom stereocenters. The number of nitrogens with zero attached hydrogens (tertiary/aromatic N) is 2. The molecule has 0 aliphatic heterocycles. The average molecular weight is 392 g/mol. The Morgan fingerprint density at radius 2 is 1.62 bits per heavy atom. The number of hydrogen-bond donors (Lipinski definition) is 3. The number of nitrogens with two attached hydrogens (primary N) is 1.